The first-order chi connectivity index (χ1) is 20.9. The zero-order valence-corrected chi connectivity index (χ0v) is 27.2. The highest BCUT2D eigenvalue weighted by Crippen LogP contribution is 2.28. The molecule has 234 valence electrons. The second-order valence-electron chi connectivity index (χ2n) is 11.2. The van der Waals surface area contributed by atoms with Gasteiger partial charge < -0.3 is 10.2 Å². The number of amides is 2. The van der Waals surface area contributed by atoms with Crippen molar-refractivity contribution in [1.29, 1.82) is 0 Å². The predicted octanol–water partition coefficient (Wildman–Crippen LogP) is 5.52. The predicted molar refractivity (Wildman–Crippen MR) is 174 cm³/mol. The van der Waals surface area contributed by atoms with Crippen molar-refractivity contribution < 1.29 is 22.9 Å². The molecule has 3 aromatic carbocycles. The Hall–Kier alpha value is -3.77. The molecule has 4 rings (SSSR count). The first-order valence-electron chi connectivity index (χ1n) is 14.5. The van der Waals surface area contributed by atoms with E-state index in [-0.39, 0.29) is 36.3 Å². The first kappa shape index (κ1) is 33.1. The summed E-state index contributed by atoms with van der Waals surface area (Å²) in [5.74, 6) is -0.910. The number of aryl methyl sites for hydroxylation is 1. The van der Waals surface area contributed by atoms with E-state index in [1.165, 1.54) is 17.0 Å². The van der Waals surface area contributed by atoms with Crippen molar-refractivity contribution in [2.75, 3.05) is 17.1 Å². The van der Waals surface area contributed by atoms with Crippen LogP contribution in [0.25, 0.3) is 0 Å². The maximum absolute atomic E-state index is 14.3. The van der Waals surface area contributed by atoms with Crippen LogP contribution < -0.4 is 9.62 Å². The van der Waals surface area contributed by atoms with Crippen LogP contribution in [0.3, 0.4) is 0 Å². The van der Waals surface area contributed by atoms with Crippen LogP contribution in [0.2, 0.25) is 0 Å². The maximum atomic E-state index is 14.3. The molecule has 1 saturated carbocycles. The molecule has 0 aliphatic heterocycles. The van der Waals surface area contributed by atoms with E-state index < -0.39 is 33.4 Å². The van der Waals surface area contributed by atoms with Gasteiger partial charge in [-0.1, -0.05) is 83.7 Å². The van der Waals surface area contributed by atoms with Crippen molar-refractivity contribution in [2.45, 2.75) is 64.1 Å². The Morgan fingerprint density at radius 1 is 1.00 bits per heavy atom. The summed E-state index contributed by atoms with van der Waals surface area (Å²) in [5.41, 5.74) is 1.78. The van der Waals surface area contributed by atoms with Crippen molar-refractivity contribution in [2.24, 2.45) is 0 Å². The Morgan fingerprint density at radius 2 is 1.66 bits per heavy atom. The number of halogens is 1. The number of benzene rings is 3. The minimum Gasteiger partial charge on any atom is -0.352 e. The largest absolute Gasteiger partial charge is 0.352 e. The third-order valence-corrected chi connectivity index (χ3v) is 9.50. The van der Waals surface area contributed by atoms with Crippen molar-refractivity contribution >= 4 is 49.1 Å². The normalized spacial score (nSPS) is 14.4. The number of nitro groups is 1. The monoisotopic (exact) mass is 684 g/mol. The van der Waals surface area contributed by atoms with E-state index in [1.54, 1.807) is 6.92 Å². The van der Waals surface area contributed by atoms with Gasteiger partial charge in [-0.25, -0.2) is 8.42 Å². The molecule has 1 aliphatic rings. The lowest BCUT2D eigenvalue weighted by atomic mass is 9.94. The molecular formula is C32H37BrN4O6S. The summed E-state index contributed by atoms with van der Waals surface area (Å²) in [6.45, 7) is 1.03. The summed E-state index contributed by atoms with van der Waals surface area (Å²) in [4.78, 5) is 40.6. The maximum Gasteiger partial charge on any atom is 0.271 e. The van der Waals surface area contributed by atoms with Crippen LogP contribution in [0.15, 0.2) is 77.3 Å². The summed E-state index contributed by atoms with van der Waals surface area (Å²) >= 11 is 3.43. The summed E-state index contributed by atoms with van der Waals surface area (Å²) < 4.78 is 27.9. The fourth-order valence-corrected chi connectivity index (χ4v) is 6.62. The fraction of sp³-hybridized carbons (Fsp3) is 0.375. The summed E-state index contributed by atoms with van der Waals surface area (Å²) in [6.07, 6.45) is 6.04. The van der Waals surface area contributed by atoms with Crippen LogP contribution in [-0.2, 0) is 32.6 Å². The number of hydrogen-bond donors (Lipinski definition) is 1. The van der Waals surface area contributed by atoms with E-state index in [0.29, 0.717) is 5.56 Å². The van der Waals surface area contributed by atoms with Gasteiger partial charge in [0.05, 0.1) is 16.9 Å². The van der Waals surface area contributed by atoms with Crippen molar-refractivity contribution in [3.8, 4) is 0 Å². The Balaban J connectivity index is 1.75. The number of anilines is 1. The van der Waals surface area contributed by atoms with Gasteiger partial charge in [-0.15, -0.1) is 0 Å². The molecule has 0 aromatic heterocycles. The molecule has 1 N–H and O–H groups in total. The number of nitro benzene ring substituents is 1. The van der Waals surface area contributed by atoms with Crippen LogP contribution in [0, 0.1) is 17.0 Å². The number of rotatable bonds is 12. The lowest BCUT2D eigenvalue weighted by Gasteiger charge is -2.35. The van der Waals surface area contributed by atoms with Crippen LogP contribution in [0.4, 0.5) is 11.4 Å². The van der Waals surface area contributed by atoms with E-state index in [1.807, 2.05) is 54.6 Å². The number of nitrogens with zero attached hydrogens (tertiary/aromatic N) is 3. The Morgan fingerprint density at radius 3 is 2.27 bits per heavy atom. The lowest BCUT2D eigenvalue weighted by molar-refractivity contribution is -0.384. The molecule has 10 nitrogen and oxygen atoms in total. The second-order valence-corrected chi connectivity index (χ2v) is 14.0. The van der Waals surface area contributed by atoms with Crippen LogP contribution in [0.5, 0.6) is 0 Å². The van der Waals surface area contributed by atoms with Gasteiger partial charge in [0.25, 0.3) is 5.69 Å². The van der Waals surface area contributed by atoms with E-state index in [0.717, 1.165) is 64.3 Å². The molecule has 3 aromatic rings. The molecule has 0 heterocycles. The zero-order chi connectivity index (χ0) is 31.9. The Labute approximate surface area is 266 Å². The number of non-ortho nitro benzene ring substituents is 1. The molecule has 1 unspecified atom stereocenters. The van der Waals surface area contributed by atoms with Gasteiger partial charge in [0.1, 0.15) is 12.6 Å². The molecule has 12 heteroatoms. The van der Waals surface area contributed by atoms with Gasteiger partial charge in [-0.3, -0.25) is 24.0 Å². The molecule has 0 saturated heterocycles. The van der Waals surface area contributed by atoms with Gasteiger partial charge in [0.15, 0.2) is 0 Å². The van der Waals surface area contributed by atoms with E-state index in [9.17, 15) is 28.1 Å². The average molecular weight is 686 g/mol. The SMILES string of the molecule is Cc1ccc([N+](=O)[O-])cc1N(CC(=O)N(Cc1ccc(Br)cc1)C(Cc1ccccc1)C(=O)NC1CCCCC1)S(C)(=O)=O. The lowest BCUT2D eigenvalue weighted by Crippen LogP contribution is -2.55. The van der Waals surface area contributed by atoms with Gasteiger partial charge in [0.2, 0.25) is 21.8 Å². The van der Waals surface area contributed by atoms with Crippen LogP contribution >= 0.6 is 15.9 Å². The number of carbonyl (C=O) groups excluding carboxylic acids is 2. The third kappa shape index (κ3) is 8.88. The molecular weight excluding hydrogens is 648 g/mol. The van der Waals surface area contributed by atoms with Gasteiger partial charge in [-0.2, -0.15) is 0 Å². The minimum absolute atomic E-state index is 0.000748. The smallest absolute Gasteiger partial charge is 0.271 e. The summed E-state index contributed by atoms with van der Waals surface area (Å²) in [6, 6.07) is 19.7. The van der Waals surface area contributed by atoms with E-state index in [4.69, 9.17) is 0 Å². The number of sulfonamides is 1. The summed E-state index contributed by atoms with van der Waals surface area (Å²) in [7, 11) is -4.06. The Bertz CT molecular complexity index is 1580. The molecule has 2 amide bonds. The topological polar surface area (TPSA) is 130 Å². The van der Waals surface area contributed by atoms with Crippen LogP contribution in [0.1, 0.15) is 48.8 Å². The summed E-state index contributed by atoms with van der Waals surface area (Å²) in [5, 5.41) is 14.7. The van der Waals surface area contributed by atoms with Gasteiger partial charge >= 0.3 is 0 Å². The number of hydrogen-bond acceptors (Lipinski definition) is 6. The minimum atomic E-state index is -4.06. The Kier molecular flexibility index (Phi) is 11.1. The number of carbonyl (C=O) groups is 2. The highest BCUT2D eigenvalue weighted by molar-refractivity contribution is 9.10. The van der Waals surface area contributed by atoms with Crippen molar-refractivity contribution in [3.63, 3.8) is 0 Å². The van der Waals surface area contributed by atoms with E-state index >= 15 is 0 Å². The second kappa shape index (κ2) is 14.8. The standard InChI is InChI=1S/C32H37BrN4O6S/c1-23-13-18-28(37(40)41)20-29(23)36(44(2,42)43)22-31(38)35(21-25-14-16-26(33)17-15-25)30(19-24-9-5-3-6-10-24)32(39)34-27-11-7-4-8-12-27/h3,5-6,9-10,13-18,20,27,30H,4,7-8,11-12,19,21-22H2,1-2H3,(H,34,39). The molecule has 1 fully saturated rings. The van der Waals surface area contributed by atoms with Crippen molar-refractivity contribution in [3.05, 3.63) is 104 Å². The highest BCUT2D eigenvalue weighted by Gasteiger charge is 2.34. The first-order valence-corrected chi connectivity index (χ1v) is 17.2. The number of nitrogens with one attached hydrogen (secondary N) is 1. The fourth-order valence-electron chi connectivity index (χ4n) is 5.46. The van der Waals surface area contributed by atoms with Gasteiger partial charge in [0, 0.05) is 35.6 Å². The molecule has 0 bridgehead atoms. The zero-order valence-electron chi connectivity index (χ0n) is 24.8. The quantitative estimate of drug-likeness (QED) is 0.198. The molecule has 0 spiro atoms. The van der Waals surface area contributed by atoms with Crippen molar-refractivity contribution in [1.82, 2.24) is 10.2 Å². The van der Waals surface area contributed by atoms with Gasteiger partial charge in [-0.05, 0) is 48.6 Å². The molecule has 1 aliphatic carbocycles. The molecule has 44 heavy (non-hydrogen) atoms. The average Bonchev–Trinajstić information content (AvgIpc) is 2.99. The van der Waals surface area contributed by atoms with Crippen LogP contribution in [-0.4, -0.2) is 54.9 Å². The molecule has 0 radical (unpaired) electrons. The highest BCUT2D eigenvalue weighted by atomic mass is 79.9. The molecule has 1 atom stereocenters. The van der Waals surface area contributed by atoms with E-state index in [2.05, 4.69) is 21.2 Å². The third-order valence-electron chi connectivity index (χ3n) is 7.84.